The van der Waals surface area contributed by atoms with Gasteiger partial charge in [-0.3, -0.25) is 4.79 Å². The topological polar surface area (TPSA) is 57.6 Å². The number of carboxylic acid groups (broad SMARTS) is 1. The van der Waals surface area contributed by atoms with Crippen LogP contribution in [-0.4, -0.2) is 35.0 Å². The van der Waals surface area contributed by atoms with Crippen LogP contribution < -0.4 is 0 Å². The molecule has 2 rings (SSSR count). The van der Waals surface area contributed by atoms with E-state index < -0.39 is 11.9 Å². The van der Waals surface area contributed by atoms with E-state index in [0.717, 1.165) is 12.8 Å². The monoisotopic (exact) mass is 225 g/mol. The van der Waals surface area contributed by atoms with Gasteiger partial charge in [0, 0.05) is 13.1 Å². The van der Waals surface area contributed by atoms with Crippen LogP contribution in [0.5, 0.6) is 0 Å². The lowest BCUT2D eigenvalue weighted by atomic mass is 9.68. The van der Waals surface area contributed by atoms with E-state index >= 15 is 0 Å². The van der Waals surface area contributed by atoms with Crippen molar-refractivity contribution in [1.29, 1.82) is 0 Å². The Labute approximate surface area is 95.6 Å². The van der Waals surface area contributed by atoms with Crippen molar-refractivity contribution in [2.75, 3.05) is 13.1 Å². The van der Waals surface area contributed by atoms with Crippen molar-refractivity contribution < 1.29 is 14.7 Å². The van der Waals surface area contributed by atoms with Crippen molar-refractivity contribution in [2.24, 2.45) is 5.41 Å². The first kappa shape index (κ1) is 11.4. The summed E-state index contributed by atoms with van der Waals surface area (Å²) in [5, 5.41) is 8.64. The Morgan fingerprint density at radius 2 is 1.50 bits per heavy atom. The molecule has 0 aromatic rings. The summed E-state index contributed by atoms with van der Waals surface area (Å²) in [5.41, 5.74) is 0.424. The van der Waals surface area contributed by atoms with Crippen LogP contribution in [0.25, 0.3) is 0 Å². The van der Waals surface area contributed by atoms with Gasteiger partial charge < -0.3 is 10.0 Å². The van der Waals surface area contributed by atoms with Gasteiger partial charge in [-0.15, -0.1) is 0 Å². The van der Waals surface area contributed by atoms with E-state index in [1.165, 1.54) is 37.0 Å². The molecule has 0 unspecified atom stereocenters. The van der Waals surface area contributed by atoms with Gasteiger partial charge in [-0.05, 0) is 31.1 Å². The molecule has 1 aliphatic heterocycles. The molecule has 1 aliphatic carbocycles. The Hall–Kier alpha value is -1.06. The maximum Gasteiger partial charge on any atom is 0.394 e. The molecule has 16 heavy (non-hydrogen) atoms. The molecule has 1 amide bonds. The molecule has 4 heteroatoms. The van der Waals surface area contributed by atoms with Crippen LogP contribution in [0.2, 0.25) is 0 Å². The third-order valence-electron chi connectivity index (χ3n) is 4.21. The maximum atomic E-state index is 11.3. The standard InChI is InChI=1S/C12H19NO3/c14-10(11(15)16)13-8-6-12(7-9-13)4-2-1-3-5-12/h1-9H2,(H,15,16). The largest absolute Gasteiger partial charge is 0.474 e. The summed E-state index contributed by atoms with van der Waals surface area (Å²) in [6, 6.07) is 0. The SMILES string of the molecule is O=C(O)C(=O)N1CCC2(CCCCC2)CC1. The van der Waals surface area contributed by atoms with Crippen LogP contribution in [0, 0.1) is 5.41 Å². The van der Waals surface area contributed by atoms with Gasteiger partial charge in [0.1, 0.15) is 0 Å². The summed E-state index contributed by atoms with van der Waals surface area (Å²) in [7, 11) is 0. The molecule has 2 fully saturated rings. The maximum absolute atomic E-state index is 11.3. The smallest absolute Gasteiger partial charge is 0.394 e. The quantitative estimate of drug-likeness (QED) is 0.638. The minimum atomic E-state index is -1.32. The van der Waals surface area contributed by atoms with Gasteiger partial charge in [0.25, 0.3) is 0 Å². The second-order valence-electron chi connectivity index (χ2n) is 5.16. The van der Waals surface area contributed by atoms with Crippen molar-refractivity contribution in [3.05, 3.63) is 0 Å². The Balaban J connectivity index is 1.91. The zero-order valence-corrected chi connectivity index (χ0v) is 9.57. The average Bonchev–Trinajstić information content (AvgIpc) is 2.30. The molecular weight excluding hydrogens is 206 g/mol. The van der Waals surface area contributed by atoms with Crippen LogP contribution in [-0.2, 0) is 9.59 Å². The second-order valence-corrected chi connectivity index (χ2v) is 5.16. The average molecular weight is 225 g/mol. The zero-order chi connectivity index (χ0) is 11.6. The van der Waals surface area contributed by atoms with Crippen molar-refractivity contribution in [2.45, 2.75) is 44.9 Å². The van der Waals surface area contributed by atoms with Gasteiger partial charge in [0.15, 0.2) is 0 Å². The molecule has 1 saturated carbocycles. The first-order chi connectivity index (χ1) is 7.63. The van der Waals surface area contributed by atoms with Gasteiger partial charge in [-0.1, -0.05) is 19.3 Å². The summed E-state index contributed by atoms with van der Waals surface area (Å²) in [4.78, 5) is 23.4. The first-order valence-corrected chi connectivity index (χ1v) is 6.15. The van der Waals surface area contributed by atoms with Crippen LogP contribution >= 0.6 is 0 Å². The summed E-state index contributed by atoms with van der Waals surface area (Å²) < 4.78 is 0. The Kier molecular flexibility index (Phi) is 3.17. The van der Waals surface area contributed by atoms with E-state index in [9.17, 15) is 9.59 Å². The zero-order valence-electron chi connectivity index (χ0n) is 9.57. The predicted molar refractivity (Wildman–Crippen MR) is 59.0 cm³/mol. The molecule has 0 aromatic carbocycles. The van der Waals surface area contributed by atoms with Gasteiger partial charge in [-0.2, -0.15) is 0 Å². The normalized spacial score (nSPS) is 24.4. The van der Waals surface area contributed by atoms with Crippen molar-refractivity contribution >= 4 is 11.9 Å². The van der Waals surface area contributed by atoms with Gasteiger partial charge in [0.2, 0.25) is 0 Å². The number of likely N-dealkylation sites (tertiary alicyclic amines) is 1. The summed E-state index contributed by atoms with van der Waals surface area (Å²) in [6.45, 7) is 1.26. The lowest BCUT2D eigenvalue weighted by molar-refractivity contribution is -0.157. The van der Waals surface area contributed by atoms with Crippen LogP contribution in [0.15, 0.2) is 0 Å². The number of carbonyl (C=O) groups excluding carboxylic acids is 1. The lowest BCUT2D eigenvalue weighted by Crippen LogP contribution is -2.46. The van der Waals surface area contributed by atoms with E-state index in [1.807, 2.05) is 0 Å². The van der Waals surface area contributed by atoms with Gasteiger partial charge in [-0.25, -0.2) is 4.79 Å². The molecule has 90 valence electrons. The molecule has 0 bridgehead atoms. The van der Waals surface area contributed by atoms with Crippen LogP contribution in [0.3, 0.4) is 0 Å². The molecule has 1 saturated heterocycles. The van der Waals surface area contributed by atoms with E-state index in [1.54, 1.807) is 0 Å². The second kappa shape index (κ2) is 4.44. The Morgan fingerprint density at radius 3 is 2.00 bits per heavy atom. The van der Waals surface area contributed by atoms with E-state index in [-0.39, 0.29) is 0 Å². The van der Waals surface area contributed by atoms with E-state index in [2.05, 4.69) is 0 Å². The van der Waals surface area contributed by atoms with Crippen LogP contribution in [0.4, 0.5) is 0 Å². The number of amides is 1. The number of carboxylic acids is 1. The van der Waals surface area contributed by atoms with Crippen molar-refractivity contribution in [3.63, 3.8) is 0 Å². The number of nitrogens with zero attached hydrogens (tertiary/aromatic N) is 1. The lowest BCUT2D eigenvalue weighted by Gasteiger charge is -2.43. The predicted octanol–water partition coefficient (Wildman–Crippen LogP) is 1.64. The molecule has 0 aromatic heterocycles. The molecule has 1 heterocycles. The summed E-state index contributed by atoms with van der Waals surface area (Å²) in [5.74, 6) is -2.05. The van der Waals surface area contributed by atoms with Crippen molar-refractivity contribution in [1.82, 2.24) is 4.90 Å². The fraction of sp³-hybridized carbons (Fsp3) is 0.833. The number of hydrogen-bond donors (Lipinski definition) is 1. The minimum Gasteiger partial charge on any atom is -0.474 e. The molecule has 0 radical (unpaired) electrons. The summed E-state index contributed by atoms with van der Waals surface area (Å²) in [6.07, 6.45) is 8.45. The summed E-state index contributed by atoms with van der Waals surface area (Å²) >= 11 is 0. The highest BCUT2D eigenvalue weighted by atomic mass is 16.4. The number of carbonyl (C=O) groups is 2. The molecule has 1 spiro atoms. The Bertz CT molecular complexity index is 285. The minimum absolute atomic E-state index is 0.424. The third-order valence-corrected chi connectivity index (χ3v) is 4.21. The number of rotatable bonds is 0. The molecule has 0 atom stereocenters. The van der Waals surface area contributed by atoms with E-state index in [4.69, 9.17) is 5.11 Å². The van der Waals surface area contributed by atoms with Gasteiger partial charge >= 0.3 is 11.9 Å². The molecule has 2 aliphatic rings. The highest BCUT2D eigenvalue weighted by Gasteiger charge is 2.37. The fourth-order valence-electron chi connectivity index (χ4n) is 3.12. The molecular formula is C12H19NO3. The molecule has 4 nitrogen and oxygen atoms in total. The van der Waals surface area contributed by atoms with Gasteiger partial charge in [0.05, 0.1) is 0 Å². The fourth-order valence-corrected chi connectivity index (χ4v) is 3.12. The third kappa shape index (κ3) is 2.20. The highest BCUT2D eigenvalue weighted by Crippen LogP contribution is 2.44. The first-order valence-electron chi connectivity index (χ1n) is 6.15. The van der Waals surface area contributed by atoms with E-state index in [0.29, 0.717) is 18.5 Å². The van der Waals surface area contributed by atoms with Crippen LogP contribution in [0.1, 0.15) is 44.9 Å². The number of aliphatic carboxylic acids is 1. The highest BCUT2D eigenvalue weighted by molar-refractivity contribution is 6.31. The molecule has 1 N–H and O–H groups in total. The number of piperidine rings is 1. The van der Waals surface area contributed by atoms with Crippen molar-refractivity contribution in [3.8, 4) is 0 Å². The Morgan fingerprint density at radius 1 is 0.938 bits per heavy atom. The number of hydrogen-bond acceptors (Lipinski definition) is 2.